The molecule has 0 radical (unpaired) electrons. The number of pyridine rings is 1. The monoisotopic (exact) mass is 293 g/mol. The van der Waals surface area contributed by atoms with E-state index in [1.165, 1.54) is 13.0 Å². The van der Waals surface area contributed by atoms with Crippen LogP contribution >= 0.6 is 0 Å². The van der Waals surface area contributed by atoms with Gasteiger partial charge in [-0.3, -0.25) is 4.98 Å². The van der Waals surface area contributed by atoms with Crippen LogP contribution in [0.15, 0.2) is 36.5 Å². The summed E-state index contributed by atoms with van der Waals surface area (Å²) in [6.45, 7) is 3.17. The first-order valence-corrected chi connectivity index (χ1v) is 6.58. The van der Waals surface area contributed by atoms with Gasteiger partial charge < -0.3 is 4.74 Å². The van der Waals surface area contributed by atoms with Crippen molar-refractivity contribution < 1.29 is 17.9 Å². The molecule has 1 saturated heterocycles. The molecule has 21 heavy (non-hydrogen) atoms. The molecule has 3 rings (SSSR count). The molecule has 5 heteroatoms. The van der Waals surface area contributed by atoms with Gasteiger partial charge in [-0.1, -0.05) is 12.1 Å². The number of nitrogens with zero attached hydrogens (tertiary/aromatic N) is 1. The molecule has 0 N–H and O–H groups in total. The molecule has 0 bridgehead atoms. The summed E-state index contributed by atoms with van der Waals surface area (Å²) in [5.41, 5.74) is -2.40. The number of aromatic nitrogens is 1. The van der Waals surface area contributed by atoms with Gasteiger partial charge in [-0.05, 0) is 31.5 Å². The van der Waals surface area contributed by atoms with Crippen LogP contribution < -0.4 is 0 Å². The second-order valence-corrected chi connectivity index (χ2v) is 5.46. The lowest BCUT2D eigenvalue weighted by Gasteiger charge is -2.28. The quantitative estimate of drug-likeness (QED) is 0.805. The number of rotatable bonds is 3. The summed E-state index contributed by atoms with van der Waals surface area (Å²) in [6.07, 6.45) is 1.55. The first-order valence-electron chi connectivity index (χ1n) is 6.58. The summed E-state index contributed by atoms with van der Waals surface area (Å²) < 4.78 is 47.6. The molecule has 0 spiro atoms. The Morgan fingerprint density at radius 1 is 1.24 bits per heavy atom. The smallest absolute Gasteiger partial charge is 0.185 e. The molecule has 2 aromatic rings. The Balaban J connectivity index is 2.06. The standard InChI is InChI=1S/C16H14F3NO/c1-10-3-6-14(20-8-10)15(2,19)16(9-21-16)12-5-4-11(17)7-13(12)18/h3-8H,9H2,1-2H3. The third-order valence-electron chi connectivity index (χ3n) is 3.95. The number of hydrogen-bond acceptors (Lipinski definition) is 2. The SMILES string of the molecule is Cc1ccc(C(C)(F)C2(c3ccc(F)cc3F)CO2)nc1. The molecule has 0 saturated carbocycles. The molecule has 1 aliphatic rings. The minimum Gasteiger partial charge on any atom is -0.360 e. The average molecular weight is 293 g/mol. The fourth-order valence-electron chi connectivity index (χ4n) is 2.52. The third kappa shape index (κ3) is 2.12. The minimum atomic E-state index is -2.01. The van der Waals surface area contributed by atoms with Crippen molar-refractivity contribution in [1.82, 2.24) is 4.98 Å². The molecular weight excluding hydrogens is 279 g/mol. The molecule has 110 valence electrons. The van der Waals surface area contributed by atoms with E-state index in [9.17, 15) is 8.78 Å². The Bertz CT molecular complexity index is 678. The third-order valence-corrected chi connectivity index (χ3v) is 3.95. The molecule has 2 atom stereocenters. The molecular formula is C16H14F3NO. The highest BCUT2D eigenvalue weighted by Crippen LogP contribution is 2.55. The van der Waals surface area contributed by atoms with E-state index in [-0.39, 0.29) is 17.9 Å². The predicted octanol–water partition coefficient (Wildman–Crippen LogP) is 3.78. The normalized spacial score (nSPS) is 23.7. The molecule has 1 aliphatic heterocycles. The molecule has 0 aliphatic carbocycles. The highest BCUT2D eigenvalue weighted by Gasteiger charge is 2.64. The van der Waals surface area contributed by atoms with Gasteiger partial charge in [0.05, 0.1) is 12.3 Å². The first kappa shape index (κ1) is 14.1. The lowest BCUT2D eigenvalue weighted by atomic mass is 9.82. The van der Waals surface area contributed by atoms with Gasteiger partial charge in [0, 0.05) is 17.8 Å². The lowest BCUT2D eigenvalue weighted by Crippen LogP contribution is -2.35. The summed E-state index contributed by atoms with van der Waals surface area (Å²) in [5.74, 6) is -1.52. The fourth-order valence-corrected chi connectivity index (χ4v) is 2.52. The van der Waals surface area contributed by atoms with Gasteiger partial charge in [0.1, 0.15) is 11.6 Å². The van der Waals surface area contributed by atoms with Crippen LogP contribution in [0.4, 0.5) is 13.2 Å². The van der Waals surface area contributed by atoms with Gasteiger partial charge in [-0.2, -0.15) is 0 Å². The number of halogens is 3. The van der Waals surface area contributed by atoms with E-state index in [4.69, 9.17) is 4.74 Å². The van der Waals surface area contributed by atoms with Crippen LogP contribution in [0.2, 0.25) is 0 Å². The lowest BCUT2D eigenvalue weighted by molar-refractivity contribution is 0.0524. The zero-order valence-electron chi connectivity index (χ0n) is 11.7. The summed E-state index contributed by atoms with van der Waals surface area (Å²) in [4.78, 5) is 4.08. The van der Waals surface area contributed by atoms with Crippen LogP contribution in [0.25, 0.3) is 0 Å². The second kappa shape index (κ2) is 4.56. The van der Waals surface area contributed by atoms with Crippen molar-refractivity contribution in [2.24, 2.45) is 0 Å². The van der Waals surface area contributed by atoms with Crippen molar-refractivity contribution in [1.29, 1.82) is 0 Å². The Morgan fingerprint density at radius 2 is 1.95 bits per heavy atom. The van der Waals surface area contributed by atoms with Gasteiger partial charge in [-0.15, -0.1) is 0 Å². The zero-order chi connectivity index (χ0) is 15.3. The van der Waals surface area contributed by atoms with Crippen molar-refractivity contribution in [2.75, 3.05) is 6.61 Å². The Morgan fingerprint density at radius 3 is 2.48 bits per heavy atom. The van der Waals surface area contributed by atoms with Gasteiger partial charge >= 0.3 is 0 Å². The van der Waals surface area contributed by atoms with Gasteiger partial charge in [0.2, 0.25) is 0 Å². The van der Waals surface area contributed by atoms with E-state index in [1.54, 1.807) is 18.3 Å². The number of alkyl halides is 1. The zero-order valence-corrected chi connectivity index (χ0v) is 11.7. The Labute approximate surface area is 120 Å². The number of hydrogen-bond donors (Lipinski definition) is 0. The van der Waals surface area contributed by atoms with Gasteiger partial charge in [0.15, 0.2) is 11.3 Å². The minimum absolute atomic E-state index is 0.0104. The van der Waals surface area contributed by atoms with E-state index in [0.717, 1.165) is 17.7 Å². The topological polar surface area (TPSA) is 25.4 Å². The largest absolute Gasteiger partial charge is 0.360 e. The molecule has 1 aromatic heterocycles. The van der Waals surface area contributed by atoms with E-state index in [0.29, 0.717) is 0 Å². The van der Waals surface area contributed by atoms with Crippen LogP contribution in [0.3, 0.4) is 0 Å². The number of aryl methyl sites for hydroxylation is 1. The van der Waals surface area contributed by atoms with Crippen molar-refractivity contribution in [3.8, 4) is 0 Å². The maximum Gasteiger partial charge on any atom is 0.185 e. The number of ether oxygens (including phenoxy) is 1. The Kier molecular flexibility index (Phi) is 3.06. The maximum atomic E-state index is 15.3. The van der Waals surface area contributed by atoms with E-state index in [2.05, 4.69) is 4.98 Å². The van der Waals surface area contributed by atoms with Crippen molar-refractivity contribution in [3.05, 3.63) is 65.0 Å². The molecule has 1 fully saturated rings. The highest BCUT2D eigenvalue weighted by molar-refractivity contribution is 5.36. The van der Waals surface area contributed by atoms with E-state index >= 15 is 4.39 Å². The van der Waals surface area contributed by atoms with Crippen molar-refractivity contribution >= 4 is 0 Å². The highest BCUT2D eigenvalue weighted by atomic mass is 19.1. The molecule has 2 unspecified atom stereocenters. The van der Waals surface area contributed by atoms with Crippen LogP contribution in [0.1, 0.15) is 23.7 Å². The first-order chi connectivity index (χ1) is 9.87. The molecule has 2 heterocycles. The van der Waals surface area contributed by atoms with Crippen molar-refractivity contribution in [2.45, 2.75) is 25.1 Å². The summed E-state index contributed by atoms with van der Waals surface area (Å²) in [6, 6.07) is 6.35. The van der Waals surface area contributed by atoms with E-state index < -0.39 is 22.9 Å². The van der Waals surface area contributed by atoms with Gasteiger partial charge in [-0.25, -0.2) is 13.2 Å². The molecule has 2 nitrogen and oxygen atoms in total. The van der Waals surface area contributed by atoms with Gasteiger partial charge in [0.25, 0.3) is 0 Å². The second-order valence-electron chi connectivity index (χ2n) is 5.46. The van der Waals surface area contributed by atoms with Crippen LogP contribution in [0, 0.1) is 18.6 Å². The summed E-state index contributed by atoms with van der Waals surface area (Å²) >= 11 is 0. The molecule has 0 amide bonds. The van der Waals surface area contributed by atoms with Crippen LogP contribution in [0.5, 0.6) is 0 Å². The fraction of sp³-hybridized carbons (Fsp3) is 0.312. The van der Waals surface area contributed by atoms with Crippen molar-refractivity contribution in [3.63, 3.8) is 0 Å². The van der Waals surface area contributed by atoms with Crippen LogP contribution in [-0.2, 0) is 16.0 Å². The summed E-state index contributed by atoms with van der Waals surface area (Å²) in [5, 5.41) is 0. The number of benzene rings is 1. The van der Waals surface area contributed by atoms with E-state index in [1.807, 2.05) is 6.92 Å². The average Bonchev–Trinajstić information content (AvgIpc) is 3.21. The maximum absolute atomic E-state index is 15.3. The molecule has 1 aromatic carbocycles. The van der Waals surface area contributed by atoms with Crippen LogP contribution in [-0.4, -0.2) is 11.6 Å². The number of epoxide rings is 1. The Hall–Kier alpha value is -1.88. The summed E-state index contributed by atoms with van der Waals surface area (Å²) in [7, 11) is 0. The predicted molar refractivity (Wildman–Crippen MR) is 71.4 cm³/mol.